The number of hydrogen-bond donors (Lipinski definition) is 0. The summed E-state index contributed by atoms with van der Waals surface area (Å²) in [6, 6.07) is 17.3. The van der Waals surface area contributed by atoms with Gasteiger partial charge in [0.15, 0.2) is 0 Å². The van der Waals surface area contributed by atoms with Crippen LogP contribution in [0.5, 0.6) is 0 Å². The molecule has 0 unspecified atom stereocenters. The lowest BCUT2D eigenvalue weighted by atomic mass is 9.45. The third kappa shape index (κ3) is 1.29. The number of fused-ring (bicyclic) bond motifs is 5. The predicted molar refractivity (Wildman–Crippen MR) is 77.8 cm³/mol. The van der Waals surface area contributed by atoms with Crippen molar-refractivity contribution in [2.24, 2.45) is 0 Å². The average molecular weight is 229 g/mol. The zero-order valence-corrected chi connectivity index (χ0v) is 9.95. The van der Waals surface area contributed by atoms with Gasteiger partial charge in [0.2, 0.25) is 0 Å². The highest BCUT2D eigenvalue weighted by Gasteiger charge is 2.32. The second-order valence-corrected chi connectivity index (χ2v) is 4.74. The van der Waals surface area contributed by atoms with E-state index >= 15 is 0 Å². The molecule has 0 saturated heterocycles. The highest BCUT2D eigenvalue weighted by Crippen LogP contribution is 2.18. The number of hydrogen-bond acceptors (Lipinski definition) is 1. The Labute approximate surface area is 107 Å². The van der Waals surface area contributed by atoms with E-state index in [2.05, 4.69) is 77.9 Å². The average Bonchev–Trinajstić information content (AvgIpc) is 2.46. The molecule has 0 amide bonds. The molecule has 0 fully saturated rings. The van der Waals surface area contributed by atoms with Crippen LogP contribution in [0.3, 0.4) is 0 Å². The van der Waals surface area contributed by atoms with E-state index in [0.29, 0.717) is 6.85 Å². The summed E-state index contributed by atoms with van der Waals surface area (Å²) in [5, 5.41) is 0. The van der Waals surface area contributed by atoms with Gasteiger partial charge in [0.25, 0.3) is 0 Å². The number of benzene rings is 2. The first-order valence-electron chi connectivity index (χ1n) is 6.25. The van der Waals surface area contributed by atoms with Crippen molar-refractivity contribution in [1.82, 2.24) is 4.81 Å². The fraction of sp³-hybridized carbons (Fsp3) is 0. The predicted octanol–water partition coefficient (Wildman–Crippen LogP) is 2.06. The Morgan fingerprint density at radius 1 is 0.667 bits per heavy atom. The summed E-state index contributed by atoms with van der Waals surface area (Å²) in [4.78, 5) is 2.28. The number of rotatable bonds is 0. The van der Waals surface area contributed by atoms with E-state index in [1.165, 1.54) is 22.1 Å². The van der Waals surface area contributed by atoms with Gasteiger partial charge in [-0.15, -0.1) is 0 Å². The van der Waals surface area contributed by atoms with Crippen LogP contribution in [0.2, 0.25) is 0 Å². The van der Waals surface area contributed by atoms with Gasteiger partial charge >= 0.3 is 6.85 Å². The number of nitrogens with zero attached hydrogens (tertiary/aromatic N) is 1. The largest absolute Gasteiger partial charge is 0.389 e. The molecular formula is C16H12BN. The third-order valence-corrected chi connectivity index (χ3v) is 3.73. The molecule has 1 nitrogen and oxygen atoms in total. The molecule has 2 aliphatic rings. The lowest BCUT2D eigenvalue weighted by molar-refractivity contribution is 0.804. The highest BCUT2D eigenvalue weighted by atomic mass is 15.0. The summed E-state index contributed by atoms with van der Waals surface area (Å²) in [6.45, 7) is 0.326. The van der Waals surface area contributed by atoms with Crippen molar-refractivity contribution in [2.45, 2.75) is 0 Å². The van der Waals surface area contributed by atoms with Crippen LogP contribution in [0.15, 0.2) is 60.9 Å². The molecule has 0 N–H and O–H groups in total. The molecule has 18 heavy (non-hydrogen) atoms. The van der Waals surface area contributed by atoms with Crippen molar-refractivity contribution in [1.29, 1.82) is 0 Å². The first kappa shape index (κ1) is 9.78. The quantitative estimate of drug-likeness (QED) is 0.625. The summed E-state index contributed by atoms with van der Waals surface area (Å²) in [5.41, 5.74) is 5.42. The molecule has 0 spiro atoms. The molecule has 0 atom stereocenters. The zero-order valence-electron chi connectivity index (χ0n) is 9.95. The summed E-state index contributed by atoms with van der Waals surface area (Å²) >= 11 is 0. The van der Waals surface area contributed by atoms with Crippen LogP contribution < -0.4 is 10.9 Å². The molecule has 2 aliphatic heterocycles. The van der Waals surface area contributed by atoms with E-state index in [0.717, 1.165) is 0 Å². The van der Waals surface area contributed by atoms with E-state index in [1.54, 1.807) is 0 Å². The normalized spacial score (nSPS) is 15.1. The van der Waals surface area contributed by atoms with Gasteiger partial charge in [-0.2, -0.15) is 0 Å². The van der Waals surface area contributed by atoms with Crippen LogP contribution in [-0.4, -0.2) is 11.7 Å². The molecule has 2 heteroatoms. The Kier molecular flexibility index (Phi) is 1.98. The van der Waals surface area contributed by atoms with Gasteiger partial charge < -0.3 is 4.81 Å². The molecular weight excluding hydrogens is 217 g/mol. The maximum absolute atomic E-state index is 2.28. The van der Waals surface area contributed by atoms with Crippen LogP contribution in [0.25, 0.3) is 12.2 Å². The van der Waals surface area contributed by atoms with Crippen molar-refractivity contribution in [3.63, 3.8) is 0 Å². The molecule has 2 aromatic carbocycles. The molecule has 0 aliphatic carbocycles. The third-order valence-electron chi connectivity index (χ3n) is 3.73. The van der Waals surface area contributed by atoms with Crippen LogP contribution in [0, 0.1) is 0 Å². The van der Waals surface area contributed by atoms with Crippen LogP contribution in [0.4, 0.5) is 0 Å². The lowest BCUT2D eigenvalue weighted by Crippen LogP contribution is -2.56. The maximum atomic E-state index is 2.28. The second kappa shape index (κ2) is 3.64. The summed E-state index contributed by atoms with van der Waals surface area (Å²) in [6.07, 6.45) is 8.70. The van der Waals surface area contributed by atoms with E-state index in [1.807, 2.05) is 0 Å². The molecule has 0 radical (unpaired) electrons. The zero-order chi connectivity index (χ0) is 11.9. The SMILES string of the molecule is C1=CN2C=Cc3ccccc3B2c2ccccc21. The molecule has 4 rings (SSSR count). The lowest BCUT2D eigenvalue weighted by Gasteiger charge is -2.33. The van der Waals surface area contributed by atoms with Gasteiger partial charge in [-0.25, -0.2) is 0 Å². The Morgan fingerprint density at radius 3 is 1.72 bits per heavy atom. The Hall–Kier alpha value is -2.22. The van der Waals surface area contributed by atoms with Crippen molar-refractivity contribution < 1.29 is 0 Å². The Morgan fingerprint density at radius 2 is 1.17 bits per heavy atom. The first-order chi connectivity index (χ1) is 8.93. The fourth-order valence-corrected chi connectivity index (χ4v) is 2.87. The minimum atomic E-state index is 0.326. The highest BCUT2D eigenvalue weighted by molar-refractivity contribution is 6.85. The molecule has 0 aromatic heterocycles. The Bertz CT molecular complexity index is 615. The smallest absolute Gasteiger partial charge is 0.328 e. The van der Waals surface area contributed by atoms with Gasteiger partial charge in [0.1, 0.15) is 0 Å². The van der Waals surface area contributed by atoms with Gasteiger partial charge in [0.05, 0.1) is 0 Å². The van der Waals surface area contributed by atoms with Gasteiger partial charge in [-0.1, -0.05) is 48.5 Å². The van der Waals surface area contributed by atoms with E-state index < -0.39 is 0 Å². The molecule has 2 aromatic rings. The molecule has 84 valence electrons. The summed E-state index contributed by atoms with van der Waals surface area (Å²) < 4.78 is 0. The standard InChI is InChI=1S/C16H12BN/c1-3-7-15-13(5-1)9-11-18-12-10-14-6-2-4-8-16(14)17(15)18/h1-12H. The monoisotopic (exact) mass is 229 g/mol. The second-order valence-electron chi connectivity index (χ2n) is 4.74. The van der Waals surface area contributed by atoms with Crippen molar-refractivity contribution in [3.05, 3.63) is 72.1 Å². The topological polar surface area (TPSA) is 3.24 Å². The van der Waals surface area contributed by atoms with E-state index in [9.17, 15) is 0 Å². The summed E-state index contributed by atoms with van der Waals surface area (Å²) in [5.74, 6) is 0. The minimum absolute atomic E-state index is 0.326. The van der Waals surface area contributed by atoms with Crippen LogP contribution in [0.1, 0.15) is 11.1 Å². The summed E-state index contributed by atoms with van der Waals surface area (Å²) in [7, 11) is 0. The Balaban J connectivity index is 1.98. The first-order valence-corrected chi connectivity index (χ1v) is 6.25. The van der Waals surface area contributed by atoms with Gasteiger partial charge in [0, 0.05) is 0 Å². The molecule has 0 bridgehead atoms. The molecule has 0 saturated carbocycles. The fourth-order valence-electron chi connectivity index (χ4n) is 2.87. The van der Waals surface area contributed by atoms with Gasteiger partial charge in [-0.3, -0.25) is 0 Å². The van der Waals surface area contributed by atoms with Crippen LogP contribution >= 0.6 is 0 Å². The van der Waals surface area contributed by atoms with Crippen molar-refractivity contribution in [2.75, 3.05) is 0 Å². The van der Waals surface area contributed by atoms with Crippen molar-refractivity contribution >= 4 is 29.9 Å². The maximum Gasteiger partial charge on any atom is 0.328 e. The van der Waals surface area contributed by atoms with Gasteiger partial charge in [-0.05, 0) is 46.6 Å². The van der Waals surface area contributed by atoms with E-state index in [-0.39, 0.29) is 0 Å². The minimum Gasteiger partial charge on any atom is -0.389 e. The van der Waals surface area contributed by atoms with Crippen molar-refractivity contribution in [3.8, 4) is 0 Å². The van der Waals surface area contributed by atoms with E-state index in [4.69, 9.17) is 0 Å². The molecule has 2 heterocycles. The van der Waals surface area contributed by atoms with Crippen LogP contribution in [-0.2, 0) is 0 Å².